The van der Waals surface area contributed by atoms with Gasteiger partial charge in [-0.1, -0.05) is 39.0 Å². The van der Waals surface area contributed by atoms with Crippen molar-refractivity contribution in [2.75, 3.05) is 11.9 Å². The number of carbonyl (C=O) groups is 1. The highest BCUT2D eigenvalue weighted by molar-refractivity contribution is 6.73. The first-order valence-electron chi connectivity index (χ1n) is 7.34. The molecular weight excluding hydrogens is 266 g/mol. The molecule has 0 bridgehead atoms. The zero-order valence-electron chi connectivity index (χ0n) is 12.8. The van der Waals surface area contributed by atoms with E-state index in [-0.39, 0.29) is 5.91 Å². The Morgan fingerprint density at radius 2 is 1.75 bits per heavy atom. The molecular formula is C16H23NO2Si. The largest absolute Gasteiger partial charge is 0.548 e. The number of carbonyl (C=O) groups excluding carboxylic acids is 1. The summed E-state index contributed by atoms with van der Waals surface area (Å²) in [6.07, 6.45) is 1.73. The van der Waals surface area contributed by atoms with Crippen molar-refractivity contribution in [2.24, 2.45) is 0 Å². The van der Waals surface area contributed by atoms with Gasteiger partial charge in [-0.3, -0.25) is 4.79 Å². The van der Waals surface area contributed by atoms with Gasteiger partial charge >= 0.3 is 0 Å². The molecule has 20 heavy (non-hydrogen) atoms. The number of benzene rings is 1. The number of fused-ring (bicyclic) bond motifs is 1. The lowest BCUT2D eigenvalue weighted by Crippen LogP contribution is -2.34. The Hall–Kier alpha value is -1.55. The van der Waals surface area contributed by atoms with Gasteiger partial charge in [0.25, 0.3) is 5.91 Å². The molecule has 0 aliphatic carbocycles. The standard InChI is InChI=1S/C16H23NO2Si/c1-5-20(6-2,7-3)19-12-14-13-10-8-9-11-15(13)17(4)16(14)18/h8-12H,5-7H2,1-4H3/b14-12-. The van der Waals surface area contributed by atoms with Crippen molar-refractivity contribution in [2.45, 2.75) is 38.9 Å². The number of rotatable bonds is 5. The number of hydrogen-bond acceptors (Lipinski definition) is 2. The minimum atomic E-state index is -1.70. The number of hydrogen-bond donors (Lipinski definition) is 0. The van der Waals surface area contributed by atoms with Crippen molar-refractivity contribution in [1.29, 1.82) is 0 Å². The predicted molar refractivity (Wildman–Crippen MR) is 86.1 cm³/mol. The Bertz CT molecular complexity index is 527. The van der Waals surface area contributed by atoms with Crippen LogP contribution in [0.5, 0.6) is 0 Å². The molecule has 3 nitrogen and oxygen atoms in total. The monoisotopic (exact) mass is 289 g/mol. The van der Waals surface area contributed by atoms with Crippen molar-refractivity contribution < 1.29 is 9.22 Å². The molecule has 4 heteroatoms. The van der Waals surface area contributed by atoms with Crippen molar-refractivity contribution in [3.63, 3.8) is 0 Å². The second-order valence-electron chi connectivity index (χ2n) is 5.27. The summed E-state index contributed by atoms with van der Waals surface area (Å²) in [7, 11) is 0.107. The SMILES string of the molecule is CC[Si](CC)(CC)O/C=C1\C(=O)N(C)c2ccccc21. The molecule has 0 spiro atoms. The van der Waals surface area contributed by atoms with Crippen LogP contribution in [0.15, 0.2) is 30.5 Å². The summed E-state index contributed by atoms with van der Waals surface area (Å²) in [6, 6.07) is 11.1. The number of para-hydroxylation sites is 1. The minimum Gasteiger partial charge on any atom is -0.548 e. The van der Waals surface area contributed by atoms with E-state index in [4.69, 9.17) is 4.43 Å². The summed E-state index contributed by atoms with van der Waals surface area (Å²) in [5.74, 6) is 0.0254. The molecule has 108 valence electrons. The normalized spacial score (nSPS) is 16.7. The summed E-state index contributed by atoms with van der Waals surface area (Å²) in [5.41, 5.74) is 2.63. The summed E-state index contributed by atoms with van der Waals surface area (Å²) in [6.45, 7) is 6.57. The average Bonchev–Trinajstić information content (AvgIpc) is 2.74. The topological polar surface area (TPSA) is 29.5 Å². The van der Waals surface area contributed by atoms with Gasteiger partial charge in [-0.2, -0.15) is 0 Å². The summed E-state index contributed by atoms with van der Waals surface area (Å²) in [5, 5.41) is 0. The summed E-state index contributed by atoms with van der Waals surface area (Å²) in [4.78, 5) is 14.0. The average molecular weight is 289 g/mol. The molecule has 0 fully saturated rings. The fourth-order valence-electron chi connectivity index (χ4n) is 2.70. The predicted octanol–water partition coefficient (Wildman–Crippen LogP) is 4.03. The molecule has 0 radical (unpaired) electrons. The van der Waals surface area contributed by atoms with E-state index in [9.17, 15) is 4.79 Å². The molecule has 1 aliphatic rings. The summed E-state index contributed by atoms with van der Waals surface area (Å²) >= 11 is 0. The Kier molecular flexibility index (Phi) is 4.33. The van der Waals surface area contributed by atoms with Crippen LogP contribution in [0.1, 0.15) is 26.3 Å². The third-order valence-electron chi connectivity index (χ3n) is 4.45. The van der Waals surface area contributed by atoms with Crippen LogP contribution in [0.4, 0.5) is 5.69 Å². The fourth-order valence-corrected chi connectivity index (χ4v) is 5.06. The Labute approximate surface area is 122 Å². The van der Waals surface area contributed by atoms with Crippen molar-refractivity contribution in [1.82, 2.24) is 0 Å². The summed E-state index contributed by atoms with van der Waals surface area (Å²) < 4.78 is 6.17. The molecule has 0 saturated heterocycles. The molecule has 1 aliphatic heterocycles. The van der Waals surface area contributed by atoms with Gasteiger partial charge in [0.1, 0.15) is 0 Å². The molecule has 0 N–H and O–H groups in total. The van der Waals surface area contributed by atoms with Crippen molar-refractivity contribution in [3.05, 3.63) is 36.1 Å². The third kappa shape index (κ3) is 2.40. The minimum absolute atomic E-state index is 0.0254. The highest BCUT2D eigenvalue weighted by Crippen LogP contribution is 2.36. The van der Waals surface area contributed by atoms with Crippen LogP contribution in [0, 0.1) is 0 Å². The highest BCUT2D eigenvalue weighted by Gasteiger charge is 2.33. The number of likely N-dealkylation sites (N-methyl/N-ethyl adjacent to an activating group) is 1. The first-order chi connectivity index (χ1) is 9.58. The molecule has 0 unspecified atom stereocenters. The lowest BCUT2D eigenvalue weighted by molar-refractivity contribution is -0.112. The molecule has 1 aromatic carbocycles. The quantitative estimate of drug-likeness (QED) is 0.465. The Balaban J connectivity index is 2.33. The number of anilines is 1. The van der Waals surface area contributed by atoms with Gasteiger partial charge in [0, 0.05) is 12.6 Å². The maximum absolute atomic E-state index is 12.3. The van der Waals surface area contributed by atoms with E-state index in [1.54, 1.807) is 11.2 Å². The van der Waals surface area contributed by atoms with Crippen LogP contribution >= 0.6 is 0 Å². The second-order valence-corrected chi connectivity index (χ2v) is 10.00. The van der Waals surface area contributed by atoms with Crippen LogP contribution in [0.2, 0.25) is 18.1 Å². The zero-order valence-corrected chi connectivity index (χ0v) is 13.8. The van der Waals surface area contributed by atoms with Gasteiger partial charge in [0.05, 0.1) is 17.5 Å². The van der Waals surface area contributed by atoms with Crippen LogP contribution < -0.4 is 4.90 Å². The highest BCUT2D eigenvalue weighted by atomic mass is 28.4. The Morgan fingerprint density at radius 1 is 1.15 bits per heavy atom. The fraction of sp³-hybridized carbons (Fsp3) is 0.438. The van der Waals surface area contributed by atoms with E-state index in [0.717, 1.165) is 29.4 Å². The molecule has 0 saturated carbocycles. The van der Waals surface area contributed by atoms with Gasteiger partial charge in [-0.25, -0.2) is 0 Å². The van der Waals surface area contributed by atoms with E-state index >= 15 is 0 Å². The smallest absolute Gasteiger partial charge is 0.261 e. The van der Waals surface area contributed by atoms with Crippen molar-refractivity contribution in [3.8, 4) is 0 Å². The van der Waals surface area contributed by atoms with E-state index in [0.29, 0.717) is 5.57 Å². The molecule has 0 aromatic heterocycles. The Morgan fingerprint density at radius 3 is 2.35 bits per heavy atom. The van der Waals surface area contributed by atoms with Gasteiger partial charge in [-0.15, -0.1) is 0 Å². The molecule has 1 aromatic rings. The lowest BCUT2D eigenvalue weighted by Gasteiger charge is -2.26. The second kappa shape index (κ2) is 5.83. The molecule has 2 rings (SSSR count). The maximum Gasteiger partial charge on any atom is 0.261 e. The maximum atomic E-state index is 12.3. The van der Waals surface area contributed by atoms with Crippen LogP contribution in [0.25, 0.3) is 5.57 Å². The van der Waals surface area contributed by atoms with Crippen LogP contribution in [-0.4, -0.2) is 21.3 Å². The number of amides is 1. The molecule has 1 heterocycles. The van der Waals surface area contributed by atoms with Gasteiger partial charge in [0.15, 0.2) is 0 Å². The first-order valence-corrected chi connectivity index (χ1v) is 9.87. The number of nitrogens with zero attached hydrogens (tertiary/aromatic N) is 1. The zero-order chi connectivity index (χ0) is 14.8. The van der Waals surface area contributed by atoms with E-state index in [1.165, 1.54) is 0 Å². The van der Waals surface area contributed by atoms with Crippen molar-refractivity contribution >= 4 is 25.5 Å². The van der Waals surface area contributed by atoms with E-state index in [2.05, 4.69) is 20.8 Å². The first kappa shape index (κ1) is 14.8. The van der Waals surface area contributed by atoms with Gasteiger partial charge < -0.3 is 9.33 Å². The van der Waals surface area contributed by atoms with Crippen LogP contribution in [-0.2, 0) is 9.22 Å². The van der Waals surface area contributed by atoms with Gasteiger partial charge in [0.2, 0.25) is 8.32 Å². The van der Waals surface area contributed by atoms with Gasteiger partial charge in [-0.05, 0) is 24.2 Å². The van der Waals surface area contributed by atoms with Crippen LogP contribution in [0.3, 0.4) is 0 Å². The van der Waals surface area contributed by atoms with E-state index < -0.39 is 8.32 Å². The third-order valence-corrected chi connectivity index (χ3v) is 8.93. The molecule has 1 amide bonds. The lowest BCUT2D eigenvalue weighted by atomic mass is 10.1. The van der Waals surface area contributed by atoms with E-state index in [1.807, 2.05) is 31.3 Å². The molecule has 0 atom stereocenters.